The first-order valence-corrected chi connectivity index (χ1v) is 4.39. The number of aromatic nitrogens is 2. The summed E-state index contributed by atoms with van der Waals surface area (Å²) in [4.78, 5) is 23.4. The van der Waals surface area contributed by atoms with Crippen molar-refractivity contribution < 1.29 is 14.7 Å². The molecular weight excluding hydrogens is 198 g/mol. The summed E-state index contributed by atoms with van der Waals surface area (Å²) < 4.78 is 1.29. The van der Waals surface area contributed by atoms with Gasteiger partial charge in [-0.1, -0.05) is 0 Å². The molecule has 0 aromatic carbocycles. The molecule has 0 aliphatic heterocycles. The average molecular weight is 211 g/mol. The highest BCUT2D eigenvalue weighted by atomic mass is 16.4. The highest BCUT2D eigenvalue weighted by molar-refractivity contribution is 5.92. The number of hydrogen-bond acceptors (Lipinski definition) is 3. The predicted octanol–water partition coefficient (Wildman–Crippen LogP) is -0.0221. The van der Waals surface area contributed by atoms with E-state index in [1.165, 1.54) is 9.58 Å². The summed E-state index contributed by atoms with van der Waals surface area (Å²) in [6.45, 7) is 1.48. The maximum Gasteiger partial charge on any atom is 0.325 e. The third-order valence-corrected chi connectivity index (χ3v) is 1.89. The molecule has 0 spiro atoms. The van der Waals surface area contributed by atoms with E-state index < -0.39 is 5.97 Å². The minimum absolute atomic E-state index is 0.230. The lowest BCUT2D eigenvalue weighted by atomic mass is 10.3. The van der Waals surface area contributed by atoms with Crippen LogP contribution in [0.3, 0.4) is 0 Å². The van der Waals surface area contributed by atoms with Crippen molar-refractivity contribution in [3.8, 4) is 0 Å². The van der Waals surface area contributed by atoms with E-state index in [1.54, 1.807) is 27.1 Å². The molecule has 0 saturated heterocycles. The van der Waals surface area contributed by atoms with Crippen LogP contribution < -0.4 is 0 Å². The molecule has 15 heavy (non-hydrogen) atoms. The molecule has 82 valence electrons. The van der Waals surface area contributed by atoms with Gasteiger partial charge in [0.15, 0.2) is 5.69 Å². The largest absolute Gasteiger partial charge is 0.480 e. The highest BCUT2D eigenvalue weighted by Gasteiger charge is 2.14. The van der Waals surface area contributed by atoms with E-state index >= 15 is 0 Å². The molecule has 0 aliphatic carbocycles. The van der Waals surface area contributed by atoms with Crippen LogP contribution in [0.25, 0.3) is 0 Å². The number of carboxylic acids is 1. The Labute approximate surface area is 87.1 Å². The second-order valence-corrected chi connectivity index (χ2v) is 3.42. The zero-order chi connectivity index (χ0) is 11.6. The number of rotatable bonds is 3. The number of aliphatic carboxylic acids is 1. The molecule has 0 radical (unpaired) electrons. The molecule has 1 aromatic heterocycles. The van der Waals surface area contributed by atoms with Crippen LogP contribution in [0.4, 0.5) is 0 Å². The van der Waals surface area contributed by atoms with Crippen molar-refractivity contribution in [3.05, 3.63) is 17.5 Å². The van der Waals surface area contributed by atoms with Crippen LogP contribution in [0.15, 0.2) is 6.07 Å². The van der Waals surface area contributed by atoms with Crippen LogP contribution in [0.1, 0.15) is 16.2 Å². The molecule has 1 heterocycles. The first-order valence-electron chi connectivity index (χ1n) is 4.39. The van der Waals surface area contributed by atoms with Crippen LogP contribution in [0.2, 0.25) is 0 Å². The van der Waals surface area contributed by atoms with E-state index in [0.29, 0.717) is 5.69 Å². The summed E-state index contributed by atoms with van der Waals surface area (Å²) in [5, 5.41) is 12.5. The summed E-state index contributed by atoms with van der Waals surface area (Å²) in [5.74, 6) is -1.22. The molecule has 1 rings (SSSR count). The van der Waals surface area contributed by atoms with Gasteiger partial charge < -0.3 is 10.0 Å². The predicted molar refractivity (Wildman–Crippen MR) is 52.6 cm³/mol. The SMILES string of the molecule is Cc1cc(C(=O)N(C)C)nn1CC(=O)O. The molecule has 0 bridgehead atoms. The van der Waals surface area contributed by atoms with Gasteiger partial charge in [-0.15, -0.1) is 0 Å². The highest BCUT2D eigenvalue weighted by Crippen LogP contribution is 2.05. The van der Waals surface area contributed by atoms with Gasteiger partial charge in [-0.2, -0.15) is 5.10 Å². The van der Waals surface area contributed by atoms with Gasteiger partial charge in [0.25, 0.3) is 5.91 Å². The lowest BCUT2D eigenvalue weighted by Gasteiger charge is -2.06. The van der Waals surface area contributed by atoms with Gasteiger partial charge in [-0.3, -0.25) is 14.3 Å². The Morgan fingerprint density at radius 1 is 1.53 bits per heavy atom. The van der Waals surface area contributed by atoms with Gasteiger partial charge in [0.1, 0.15) is 6.54 Å². The summed E-state index contributed by atoms with van der Waals surface area (Å²) in [7, 11) is 3.24. The minimum atomic E-state index is -0.981. The molecule has 6 nitrogen and oxygen atoms in total. The molecule has 6 heteroatoms. The Hall–Kier alpha value is -1.85. The number of hydrogen-bond donors (Lipinski definition) is 1. The van der Waals surface area contributed by atoms with Crippen LogP contribution in [0, 0.1) is 6.92 Å². The third kappa shape index (κ3) is 2.55. The summed E-state index contributed by atoms with van der Waals surface area (Å²) in [5.41, 5.74) is 0.918. The molecule has 0 aliphatic rings. The van der Waals surface area contributed by atoms with Gasteiger partial charge in [-0.25, -0.2) is 0 Å². The fraction of sp³-hybridized carbons (Fsp3) is 0.444. The lowest BCUT2D eigenvalue weighted by molar-refractivity contribution is -0.137. The molecule has 1 amide bonds. The van der Waals surface area contributed by atoms with E-state index in [-0.39, 0.29) is 18.1 Å². The van der Waals surface area contributed by atoms with Crippen LogP contribution in [0.5, 0.6) is 0 Å². The Kier molecular flexibility index (Phi) is 3.08. The number of carbonyl (C=O) groups excluding carboxylic acids is 1. The van der Waals surface area contributed by atoms with E-state index in [4.69, 9.17) is 5.11 Å². The molecule has 1 N–H and O–H groups in total. The lowest BCUT2D eigenvalue weighted by Crippen LogP contribution is -2.22. The molecule has 0 saturated carbocycles. The van der Waals surface area contributed by atoms with Crippen molar-refractivity contribution in [2.24, 2.45) is 0 Å². The molecular formula is C9H13N3O3. The van der Waals surface area contributed by atoms with Crippen molar-refractivity contribution in [2.75, 3.05) is 14.1 Å². The topological polar surface area (TPSA) is 75.4 Å². The number of carboxylic acid groups (broad SMARTS) is 1. The second kappa shape index (κ2) is 4.12. The van der Waals surface area contributed by atoms with Crippen LogP contribution >= 0.6 is 0 Å². The number of carbonyl (C=O) groups is 2. The fourth-order valence-electron chi connectivity index (χ4n) is 1.13. The standard InChI is InChI=1S/C9H13N3O3/c1-6-4-7(9(15)11(2)3)10-12(6)5-8(13)14/h4H,5H2,1-3H3,(H,13,14). The van der Waals surface area contributed by atoms with Crippen molar-refractivity contribution in [3.63, 3.8) is 0 Å². The van der Waals surface area contributed by atoms with E-state index in [0.717, 1.165) is 0 Å². The van der Waals surface area contributed by atoms with E-state index in [2.05, 4.69) is 5.10 Å². The zero-order valence-corrected chi connectivity index (χ0v) is 8.89. The summed E-state index contributed by atoms with van der Waals surface area (Å²) in [6, 6.07) is 1.57. The summed E-state index contributed by atoms with van der Waals surface area (Å²) in [6.07, 6.45) is 0. The molecule has 0 atom stereocenters. The van der Waals surface area contributed by atoms with Crippen LogP contribution in [-0.2, 0) is 11.3 Å². The van der Waals surface area contributed by atoms with Gasteiger partial charge in [0, 0.05) is 19.8 Å². The molecule has 0 fully saturated rings. The third-order valence-electron chi connectivity index (χ3n) is 1.89. The maximum atomic E-state index is 11.5. The Balaban J connectivity index is 2.95. The number of nitrogens with zero attached hydrogens (tertiary/aromatic N) is 3. The average Bonchev–Trinajstić information content (AvgIpc) is 2.45. The number of aryl methyl sites for hydroxylation is 1. The van der Waals surface area contributed by atoms with Gasteiger partial charge in [-0.05, 0) is 13.0 Å². The van der Waals surface area contributed by atoms with E-state index in [1.807, 2.05) is 0 Å². The Morgan fingerprint density at radius 2 is 2.13 bits per heavy atom. The Morgan fingerprint density at radius 3 is 2.60 bits per heavy atom. The van der Waals surface area contributed by atoms with E-state index in [9.17, 15) is 9.59 Å². The van der Waals surface area contributed by atoms with Crippen molar-refractivity contribution >= 4 is 11.9 Å². The van der Waals surface area contributed by atoms with Gasteiger partial charge in [0.2, 0.25) is 0 Å². The summed E-state index contributed by atoms with van der Waals surface area (Å²) >= 11 is 0. The first kappa shape index (κ1) is 11.2. The minimum Gasteiger partial charge on any atom is -0.480 e. The Bertz CT molecular complexity index is 395. The second-order valence-electron chi connectivity index (χ2n) is 3.42. The maximum absolute atomic E-state index is 11.5. The fourth-order valence-corrected chi connectivity index (χ4v) is 1.13. The smallest absolute Gasteiger partial charge is 0.325 e. The first-order chi connectivity index (χ1) is 6.91. The monoisotopic (exact) mass is 211 g/mol. The van der Waals surface area contributed by atoms with Gasteiger partial charge in [0.05, 0.1) is 0 Å². The van der Waals surface area contributed by atoms with Crippen molar-refractivity contribution in [2.45, 2.75) is 13.5 Å². The van der Waals surface area contributed by atoms with Gasteiger partial charge >= 0.3 is 5.97 Å². The zero-order valence-electron chi connectivity index (χ0n) is 8.89. The van der Waals surface area contributed by atoms with Crippen molar-refractivity contribution in [1.82, 2.24) is 14.7 Å². The quantitative estimate of drug-likeness (QED) is 0.762. The molecule has 1 aromatic rings. The number of amides is 1. The van der Waals surface area contributed by atoms with Crippen LogP contribution in [-0.4, -0.2) is 45.8 Å². The van der Waals surface area contributed by atoms with Crippen molar-refractivity contribution in [1.29, 1.82) is 0 Å². The molecule has 0 unspecified atom stereocenters. The normalized spacial score (nSPS) is 10.1.